The average Bonchev–Trinajstić information content (AvgIpc) is 3.13. The lowest BCUT2D eigenvalue weighted by atomic mass is 9.95. The molecule has 1 aliphatic heterocycles. The molecular formula is C15H18F3N3O3. The number of aromatic nitrogens is 1. The number of imide groups is 1. The number of hydrogen-bond donors (Lipinski definition) is 1. The van der Waals surface area contributed by atoms with Gasteiger partial charge >= 0.3 is 12.2 Å². The molecule has 2 fully saturated rings. The Morgan fingerprint density at radius 2 is 2.00 bits per heavy atom. The second-order valence-corrected chi connectivity index (χ2v) is 6.40. The van der Waals surface area contributed by atoms with Gasteiger partial charge in [0, 0.05) is 18.0 Å². The fraction of sp³-hybridized carbons (Fsp3) is 0.667. The Balaban J connectivity index is 1.64. The number of halogens is 3. The molecule has 1 saturated carbocycles. The quantitative estimate of drug-likeness (QED) is 0.910. The number of hydrogen-bond acceptors (Lipinski definition) is 4. The monoisotopic (exact) mass is 345 g/mol. The Kier molecular flexibility index (Phi) is 4.51. The van der Waals surface area contributed by atoms with Crippen molar-refractivity contribution in [3.8, 4) is 0 Å². The van der Waals surface area contributed by atoms with E-state index < -0.39 is 30.4 Å². The molecule has 1 aliphatic carbocycles. The SMILES string of the molecule is O=C1CC(CC2CCCC2)NC(=O)N1Cc1conc1C(F)(F)F. The van der Waals surface area contributed by atoms with E-state index in [9.17, 15) is 22.8 Å². The topological polar surface area (TPSA) is 75.4 Å². The van der Waals surface area contributed by atoms with Crippen molar-refractivity contribution in [2.45, 2.75) is 57.3 Å². The van der Waals surface area contributed by atoms with Crippen LogP contribution in [0.5, 0.6) is 0 Å². The normalized spacial score (nSPS) is 23.0. The molecule has 0 radical (unpaired) electrons. The average molecular weight is 345 g/mol. The molecule has 0 aromatic carbocycles. The summed E-state index contributed by atoms with van der Waals surface area (Å²) in [7, 11) is 0. The van der Waals surface area contributed by atoms with E-state index in [0.29, 0.717) is 5.92 Å². The van der Waals surface area contributed by atoms with Crippen LogP contribution in [0.2, 0.25) is 0 Å². The second-order valence-electron chi connectivity index (χ2n) is 6.40. The molecule has 1 unspecified atom stereocenters. The van der Waals surface area contributed by atoms with Gasteiger partial charge in [0.25, 0.3) is 0 Å². The van der Waals surface area contributed by atoms with Crippen molar-refractivity contribution in [3.05, 3.63) is 17.5 Å². The molecule has 3 rings (SSSR count). The summed E-state index contributed by atoms with van der Waals surface area (Å²) in [5, 5.41) is 5.65. The largest absolute Gasteiger partial charge is 0.437 e. The number of urea groups is 1. The first kappa shape index (κ1) is 16.8. The Morgan fingerprint density at radius 1 is 1.29 bits per heavy atom. The predicted molar refractivity (Wildman–Crippen MR) is 75.6 cm³/mol. The molecule has 24 heavy (non-hydrogen) atoms. The molecule has 1 aromatic rings. The predicted octanol–water partition coefficient (Wildman–Crippen LogP) is 3.08. The van der Waals surface area contributed by atoms with Gasteiger partial charge in [0.2, 0.25) is 5.91 Å². The molecule has 1 N–H and O–H groups in total. The Bertz CT molecular complexity index is 605. The van der Waals surface area contributed by atoms with Crippen molar-refractivity contribution in [2.24, 2.45) is 5.92 Å². The lowest BCUT2D eigenvalue weighted by molar-refractivity contribution is -0.144. The number of carbonyl (C=O) groups is 2. The maximum Gasteiger partial charge on any atom is 0.437 e. The van der Waals surface area contributed by atoms with Crippen molar-refractivity contribution in [3.63, 3.8) is 0 Å². The molecule has 1 aromatic heterocycles. The van der Waals surface area contributed by atoms with Gasteiger partial charge in [0.1, 0.15) is 6.26 Å². The minimum absolute atomic E-state index is 0.106. The van der Waals surface area contributed by atoms with E-state index in [-0.39, 0.29) is 18.0 Å². The molecular weight excluding hydrogens is 327 g/mol. The lowest BCUT2D eigenvalue weighted by Crippen LogP contribution is -2.54. The molecule has 2 heterocycles. The van der Waals surface area contributed by atoms with E-state index in [1.807, 2.05) is 0 Å². The van der Waals surface area contributed by atoms with Gasteiger partial charge in [0.15, 0.2) is 5.69 Å². The number of nitrogens with zero attached hydrogens (tertiary/aromatic N) is 2. The number of rotatable bonds is 4. The zero-order valence-corrected chi connectivity index (χ0v) is 12.9. The molecule has 1 atom stereocenters. The number of alkyl halides is 3. The molecule has 3 amide bonds. The summed E-state index contributed by atoms with van der Waals surface area (Å²) >= 11 is 0. The van der Waals surface area contributed by atoms with Crippen molar-refractivity contribution in [1.29, 1.82) is 0 Å². The summed E-state index contributed by atoms with van der Waals surface area (Å²) in [5.74, 6) is 0.0284. The van der Waals surface area contributed by atoms with Crippen molar-refractivity contribution < 1.29 is 27.3 Å². The Labute approximate surface area is 136 Å². The van der Waals surface area contributed by atoms with Gasteiger partial charge < -0.3 is 9.84 Å². The Morgan fingerprint density at radius 3 is 2.62 bits per heavy atom. The highest BCUT2D eigenvalue weighted by Crippen LogP contribution is 2.32. The summed E-state index contributed by atoms with van der Waals surface area (Å²) in [4.78, 5) is 25.1. The van der Waals surface area contributed by atoms with E-state index in [4.69, 9.17) is 0 Å². The van der Waals surface area contributed by atoms with Gasteiger partial charge in [0.05, 0.1) is 6.54 Å². The summed E-state index contributed by atoms with van der Waals surface area (Å²) < 4.78 is 42.7. The summed E-state index contributed by atoms with van der Waals surface area (Å²) in [6.07, 6.45) is 1.50. The van der Waals surface area contributed by atoms with Crippen molar-refractivity contribution >= 4 is 11.9 Å². The van der Waals surface area contributed by atoms with Crippen LogP contribution < -0.4 is 5.32 Å². The third kappa shape index (κ3) is 3.54. The van der Waals surface area contributed by atoms with Gasteiger partial charge in [-0.3, -0.25) is 9.69 Å². The van der Waals surface area contributed by atoms with Crippen LogP contribution in [0.4, 0.5) is 18.0 Å². The smallest absolute Gasteiger partial charge is 0.364 e. The number of nitrogens with one attached hydrogen (secondary N) is 1. The first-order valence-electron chi connectivity index (χ1n) is 7.96. The van der Waals surface area contributed by atoms with Gasteiger partial charge in [-0.25, -0.2) is 4.79 Å². The van der Waals surface area contributed by atoms with E-state index in [0.717, 1.165) is 30.4 Å². The lowest BCUT2D eigenvalue weighted by Gasteiger charge is -2.32. The van der Waals surface area contributed by atoms with Crippen molar-refractivity contribution in [2.75, 3.05) is 0 Å². The third-order valence-electron chi connectivity index (χ3n) is 4.63. The molecule has 9 heteroatoms. The van der Waals surface area contributed by atoms with Crippen LogP contribution in [-0.2, 0) is 17.5 Å². The van der Waals surface area contributed by atoms with E-state index in [2.05, 4.69) is 15.0 Å². The first-order chi connectivity index (χ1) is 11.3. The van der Waals surface area contributed by atoms with Crippen LogP contribution in [0.3, 0.4) is 0 Å². The van der Waals surface area contributed by atoms with E-state index >= 15 is 0 Å². The van der Waals surface area contributed by atoms with Gasteiger partial charge in [-0.15, -0.1) is 0 Å². The maximum atomic E-state index is 12.8. The van der Waals surface area contributed by atoms with Crippen LogP contribution >= 0.6 is 0 Å². The molecule has 0 bridgehead atoms. The van der Waals surface area contributed by atoms with Gasteiger partial charge in [-0.05, 0) is 12.3 Å². The first-order valence-corrected chi connectivity index (χ1v) is 7.96. The molecule has 2 aliphatic rings. The van der Waals surface area contributed by atoms with Crippen LogP contribution in [0.25, 0.3) is 0 Å². The highest BCUT2D eigenvalue weighted by molar-refractivity contribution is 5.97. The summed E-state index contributed by atoms with van der Waals surface area (Å²) in [6.45, 7) is -0.501. The Hall–Kier alpha value is -2.06. The third-order valence-corrected chi connectivity index (χ3v) is 4.63. The summed E-state index contributed by atoms with van der Waals surface area (Å²) in [6, 6.07) is -0.905. The van der Waals surface area contributed by atoms with Crippen LogP contribution in [-0.4, -0.2) is 28.0 Å². The van der Waals surface area contributed by atoms with Crippen LogP contribution in [0.1, 0.15) is 49.8 Å². The second kappa shape index (κ2) is 6.45. The van der Waals surface area contributed by atoms with E-state index in [1.165, 1.54) is 12.8 Å². The number of carbonyl (C=O) groups excluding carboxylic acids is 2. The highest BCUT2D eigenvalue weighted by atomic mass is 19.4. The zero-order chi connectivity index (χ0) is 17.3. The molecule has 1 saturated heterocycles. The standard InChI is InChI=1S/C15H18F3N3O3/c16-15(17,18)13-10(8-24-20-13)7-21-12(22)6-11(19-14(21)23)5-9-3-1-2-4-9/h8-9,11H,1-7H2,(H,19,23). The van der Waals surface area contributed by atoms with Crippen molar-refractivity contribution in [1.82, 2.24) is 15.4 Å². The fourth-order valence-corrected chi connectivity index (χ4v) is 3.46. The van der Waals surface area contributed by atoms with Crippen LogP contribution in [0.15, 0.2) is 10.8 Å². The fourth-order valence-electron chi connectivity index (χ4n) is 3.46. The molecule has 0 spiro atoms. The minimum Gasteiger partial charge on any atom is -0.364 e. The van der Waals surface area contributed by atoms with E-state index in [1.54, 1.807) is 0 Å². The molecule has 6 nitrogen and oxygen atoms in total. The minimum atomic E-state index is -4.69. The van der Waals surface area contributed by atoms with Crippen LogP contribution in [0, 0.1) is 5.92 Å². The highest BCUT2D eigenvalue weighted by Gasteiger charge is 2.40. The number of amides is 3. The maximum absolute atomic E-state index is 12.8. The van der Waals surface area contributed by atoms with Gasteiger partial charge in [-0.2, -0.15) is 13.2 Å². The zero-order valence-electron chi connectivity index (χ0n) is 12.9. The molecule has 132 valence electrons. The summed E-state index contributed by atoms with van der Waals surface area (Å²) in [5.41, 5.74) is -1.54. The van der Waals surface area contributed by atoms with Gasteiger partial charge in [-0.1, -0.05) is 30.8 Å².